The summed E-state index contributed by atoms with van der Waals surface area (Å²) in [5.41, 5.74) is -0.0882. The van der Waals surface area contributed by atoms with Gasteiger partial charge in [0.15, 0.2) is 5.82 Å². The van der Waals surface area contributed by atoms with Crippen molar-refractivity contribution in [3.8, 4) is 0 Å². The zero-order valence-corrected chi connectivity index (χ0v) is 14.1. The monoisotopic (exact) mass is 312 g/mol. The van der Waals surface area contributed by atoms with Gasteiger partial charge in [0, 0.05) is 10.3 Å². The summed E-state index contributed by atoms with van der Waals surface area (Å²) in [4.78, 5) is 5.75. The molecule has 0 spiro atoms. The molecule has 3 rings (SSSR count). The molecule has 0 aliphatic rings. The highest BCUT2D eigenvalue weighted by Gasteiger charge is 2.23. The molecule has 4 heteroatoms. The van der Waals surface area contributed by atoms with Gasteiger partial charge in [-0.1, -0.05) is 56.3 Å². The van der Waals surface area contributed by atoms with Crippen molar-refractivity contribution < 1.29 is 4.52 Å². The summed E-state index contributed by atoms with van der Waals surface area (Å²) >= 11 is 1.74. The van der Waals surface area contributed by atoms with E-state index in [9.17, 15) is 0 Å². The van der Waals surface area contributed by atoms with Gasteiger partial charge in [-0.3, -0.25) is 0 Å². The van der Waals surface area contributed by atoms with Crippen LogP contribution in [-0.4, -0.2) is 10.1 Å². The van der Waals surface area contributed by atoms with Gasteiger partial charge in [0.05, 0.1) is 5.25 Å². The summed E-state index contributed by atoms with van der Waals surface area (Å²) in [6.45, 7) is 8.36. The van der Waals surface area contributed by atoms with Gasteiger partial charge in [-0.15, -0.1) is 11.8 Å². The zero-order chi connectivity index (χ0) is 15.7. The molecule has 0 aliphatic heterocycles. The Morgan fingerprint density at radius 3 is 2.45 bits per heavy atom. The first-order valence-corrected chi connectivity index (χ1v) is 8.31. The summed E-state index contributed by atoms with van der Waals surface area (Å²) < 4.78 is 5.43. The minimum atomic E-state index is -0.0882. The third kappa shape index (κ3) is 3.17. The van der Waals surface area contributed by atoms with Gasteiger partial charge in [-0.05, 0) is 29.8 Å². The Morgan fingerprint density at radius 2 is 1.77 bits per heavy atom. The van der Waals surface area contributed by atoms with E-state index in [1.54, 1.807) is 11.8 Å². The second-order valence-corrected chi connectivity index (χ2v) is 7.89. The van der Waals surface area contributed by atoms with E-state index in [-0.39, 0.29) is 10.7 Å². The number of hydrogen-bond acceptors (Lipinski definition) is 4. The minimum absolute atomic E-state index is 0.0882. The highest BCUT2D eigenvalue weighted by molar-refractivity contribution is 7.99. The maximum absolute atomic E-state index is 5.43. The lowest BCUT2D eigenvalue weighted by Crippen LogP contribution is -2.13. The first-order valence-electron chi connectivity index (χ1n) is 7.43. The van der Waals surface area contributed by atoms with Gasteiger partial charge >= 0.3 is 0 Å². The molecule has 3 nitrogen and oxygen atoms in total. The summed E-state index contributed by atoms with van der Waals surface area (Å²) in [7, 11) is 0. The normalized spacial score (nSPS) is 13.5. The molecule has 3 aromatic rings. The highest BCUT2D eigenvalue weighted by Crippen LogP contribution is 2.36. The van der Waals surface area contributed by atoms with Gasteiger partial charge in [-0.2, -0.15) is 4.98 Å². The van der Waals surface area contributed by atoms with Crippen LogP contribution in [0, 0.1) is 0 Å². The van der Waals surface area contributed by atoms with Crippen LogP contribution >= 0.6 is 11.8 Å². The summed E-state index contributed by atoms with van der Waals surface area (Å²) in [5, 5.41) is 6.74. The maximum atomic E-state index is 5.43. The number of rotatable bonds is 3. The molecule has 0 saturated heterocycles. The van der Waals surface area contributed by atoms with Crippen molar-refractivity contribution in [1.82, 2.24) is 10.1 Å². The SMILES string of the molecule is CC(Sc1ccc2ccccc2c1)c1nc(C(C)(C)C)no1. The molecule has 22 heavy (non-hydrogen) atoms. The van der Waals surface area contributed by atoms with E-state index in [4.69, 9.17) is 4.52 Å². The van der Waals surface area contributed by atoms with E-state index in [0.717, 1.165) is 5.82 Å². The number of nitrogens with zero attached hydrogens (tertiary/aromatic N) is 2. The third-order valence-corrected chi connectivity index (χ3v) is 4.58. The molecule has 0 aliphatic carbocycles. The molecule has 1 atom stereocenters. The van der Waals surface area contributed by atoms with E-state index in [2.05, 4.69) is 80.3 Å². The Balaban J connectivity index is 1.80. The van der Waals surface area contributed by atoms with Crippen molar-refractivity contribution in [2.75, 3.05) is 0 Å². The van der Waals surface area contributed by atoms with Crippen molar-refractivity contribution in [3.05, 3.63) is 54.2 Å². The summed E-state index contributed by atoms with van der Waals surface area (Å²) in [6.07, 6.45) is 0. The third-order valence-electron chi connectivity index (χ3n) is 3.49. The highest BCUT2D eigenvalue weighted by atomic mass is 32.2. The minimum Gasteiger partial charge on any atom is -0.338 e. The predicted octanol–water partition coefficient (Wildman–Crippen LogP) is 5.37. The van der Waals surface area contributed by atoms with E-state index < -0.39 is 0 Å². The molecule has 0 saturated carbocycles. The lowest BCUT2D eigenvalue weighted by molar-refractivity contribution is 0.364. The Hall–Kier alpha value is -1.81. The maximum Gasteiger partial charge on any atom is 0.239 e. The molecule has 0 bridgehead atoms. The van der Waals surface area contributed by atoms with Crippen molar-refractivity contribution in [2.45, 2.75) is 43.3 Å². The first-order chi connectivity index (χ1) is 10.4. The van der Waals surface area contributed by atoms with Crippen molar-refractivity contribution >= 4 is 22.5 Å². The van der Waals surface area contributed by atoms with E-state index in [1.165, 1.54) is 15.7 Å². The summed E-state index contributed by atoms with van der Waals surface area (Å²) in [6, 6.07) is 14.9. The van der Waals surface area contributed by atoms with Gasteiger partial charge in [0.1, 0.15) is 0 Å². The van der Waals surface area contributed by atoms with Gasteiger partial charge < -0.3 is 4.52 Å². The summed E-state index contributed by atoms with van der Waals surface area (Å²) in [5.74, 6) is 1.44. The Labute approximate surface area is 135 Å². The fourth-order valence-corrected chi connectivity index (χ4v) is 3.15. The van der Waals surface area contributed by atoms with Gasteiger partial charge in [0.25, 0.3) is 0 Å². The number of aromatic nitrogens is 2. The number of fused-ring (bicyclic) bond motifs is 1. The Kier molecular flexibility index (Phi) is 3.96. The van der Waals surface area contributed by atoms with Gasteiger partial charge in [-0.25, -0.2) is 0 Å². The molecular weight excluding hydrogens is 292 g/mol. The molecule has 0 amide bonds. The molecule has 0 N–H and O–H groups in total. The van der Waals surface area contributed by atoms with Crippen LogP contribution in [0.15, 0.2) is 51.9 Å². The van der Waals surface area contributed by atoms with Crippen LogP contribution in [0.2, 0.25) is 0 Å². The second kappa shape index (κ2) is 5.76. The number of benzene rings is 2. The van der Waals surface area contributed by atoms with E-state index >= 15 is 0 Å². The molecule has 0 radical (unpaired) electrons. The fraction of sp³-hybridized carbons (Fsp3) is 0.333. The first kappa shape index (κ1) is 15.1. The van der Waals surface area contributed by atoms with E-state index in [0.29, 0.717) is 5.89 Å². The molecule has 114 valence electrons. The molecular formula is C18H20N2OS. The van der Waals surface area contributed by atoms with Crippen LogP contribution in [-0.2, 0) is 5.41 Å². The second-order valence-electron chi connectivity index (χ2n) is 6.48. The van der Waals surface area contributed by atoms with Crippen LogP contribution < -0.4 is 0 Å². The lowest BCUT2D eigenvalue weighted by Gasteiger charge is -2.11. The average molecular weight is 312 g/mol. The Bertz CT molecular complexity index is 789. The topological polar surface area (TPSA) is 38.9 Å². The molecule has 0 fully saturated rings. The molecule has 1 unspecified atom stereocenters. The fourth-order valence-electron chi connectivity index (χ4n) is 2.20. The number of thioether (sulfide) groups is 1. The largest absolute Gasteiger partial charge is 0.338 e. The number of hydrogen-bond donors (Lipinski definition) is 0. The predicted molar refractivity (Wildman–Crippen MR) is 91.2 cm³/mol. The zero-order valence-electron chi connectivity index (χ0n) is 13.3. The Morgan fingerprint density at radius 1 is 1.05 bits per heavy atom. The van der Waals surface area contributed by atoms with Crippen LogP contribution in [0.25, 0.3) is 10.8 Å². The van der Waals surface area contributed by atoms with Crippen molar-refractivity contribution in [2.24, 2.45) is 0 Å². The molecule has 1 aromatic heterocycles. The molecule has 2 aromatic carbocycles. The average Bonchev–Trinajstić information content (AvgIpc) is 2.97. The van der Waals surface area contributed by atoms with Crippen molar-refractivity contribution in [3.63, 3.8) is 0 Å². The van der Waals surface area contributed by atoms with Gasteiger partial charge in [0.2, 0.25) is 5.89 Å². The van der Waals surface area contributed by atoms with Crippen molar-refractivity contribution in [1.29, 1.82) is 0 Å². The lowest BCUT2D eigenvalue weighted by atomic mass is 9.96. The van der Waals surface area contributed by atoms with Crippen LogP contribution in [0.5, 0.6) is 0 Å². The van der Waals surface area contributed by atoms with E-state index in [1.807, 2.05) is 0 Å². The van der Waals surface area contributed by atoms with Crippen LogP contribution in [0.1, 0.15) is 44.7 Å². The smallest absolute Gasteiger partial charge is 0.239 e. The van der Waals surface area contributed by atoms with Crippen LogP contribution in [0.3, 0.4) is 0 Å². The van der Waals surface area contributed by atoms with Crippen LogP contribution in [0.4, 0.5) is 0 Å². The quantitative estimate of drug-likeness (QED) is 0.609. The molecule has 1 heterocycles. The standard InChI is InChI=1S/C18H20N2OS/c1-12(16-19-17(20-21-16)18(2,3)4)22-15-10-9-13-7-5-6-8-14(13)11-15/h5-12H,1-4H3.